The molecule has 2 aromatic carbocycles. The van der Waals surface area contributed by atoms with Crippen LogP contribution in [0.5, 0.6) is 0 Å². The van der Waals surface area contributed by atoms with E-state index in [1.807, 2.05) is 24.4 Å². The van der Waals surface area contributed by atoms with Gasteiger partial charge in [0.25, 0.3) is 5.91 Å². The summed E-state index contributed by atoms with van der Waals surface area (Å²) in [5.41, 5.74) is 9.40. The van der Waals surface area contributed by atoms with Crippen molar-refractivity contribution >= 4 is 44.7 Å². The predicted octanol–water partition coefficient (Wildman–Crippen LogP) is 5.06. The Hall–Kier alpha value is -2.70. The second-order valence-corrected chi connectivity index (χ2v) is 7.63. The van der Waals surface area contributed by atoms with Gasteiger partial charge in [-0.2, -0.15) is 0 Å². The van der Waals surface area contributed by atoms with Gasteiger partial charge in [-0.1, -0.05) is 61.4 Å². The van der Waals surface area contributed by atoms with E-state index in [0.717, 1.165) is 60.6 Å². The van der Waals surface area contributed by atoms with Gasteiger partial charge in [0.15, 0.2) is 0 Å². The van der Waals surface area contributed by atoms with Crippen LogP contribution >= 0.6 is 17.0 Å². The first-order valence-corrected chi connectivity index (χ1v) is 10.7. The molecule has 4 rings (SSSR count). The minimum Gasteiger partial charge on any atom is -0.351 e. The van der Waals surface area contributed by atoms with Crippen LogP contribution in [0.2, 0.25) is 0 Å². The zero-order chi connectivity index (χ0) is 20.8. The van der Waals surface area contributed by atoms with Gasteiger partial charge in [0.2, 0.25) is 0 Å². The molecule has 6 heteroatoms. The van der Waals surface area contributed by atoms with E-state index in [4.69, 9.17) is 5.73 Å². The van der Waals surface area contributed by atoms with Gasteiger partial charge >= 0.3 is 0 Å². The van der Waals surface area contributed by atoms with E-state index in [0.29, 0.717) is 12.2 Å². The van der Waals surface area contributed by atoms with E-state index in [-0.39, 0.29) is 22.9 Å². The number of benzene rings is 2. The lowest BCUT2D eigenvalue weighted by Gasteiger charge is -2.08. The molecule has 0 saturated carbocycles. The minimum atomic E-state index is -0.115. The van der Waals surface area contributed by atoms with Gasteiger partial charge < -0.3 is 15.6 Å². The molecule has 2 aromatic heterocycles. The Kier molecular flexibility index (Phi) is 8.20. The third kappa shape index (κ3) is 5.32. The van der Waals surface area contributed by atoms with E-state index in [1.165, 1.54) is 5.56 Å². The van der Waals surface area contributed by atoms with Crippen molar-refractivity contribution in [1.82, 2.24) is 14.9 Å². The molecule has 2 heterocycles. The van der Waals surface area contributed by atoms with Crippen LogP contribution < -0.4 is 11.1 Å². The fourth-order valence-electron chi connectivity index (χ4n) is 3.92. The lowest BCUT2D eigenvalue weighted by atomic mass is 10.1. The molecule has 0 unspecified atom stereocenters. The maximum atomic E-state index is 12.6. The highest BCUT2D eigenvalue weighted by Gasteiger charge is 2.14. The number of rotatable bonds is 9. The van der Waals surface area contributed by atoms with Crippen LogP contribution in [0.3, 0.4) is 0 Å². The van der Waals surface area contributed by atoms with Gasteiger partial charge in [-0.25, -0.2) is 4.98 Å². The topological polar surface area (TPSA) is 72.9 Å². The van der Waals surface area contributed by atoms with E-state index in [9.17, 15) is 4.79 Å². The third-order valence-corrected chi connectivity index (χ3v) is 5.49. The number of unbranched alkanes of at least 4 members (excludes halogenated alkanes) is 3. The summed E-state index contributed by atoms with van der Waals surface area (Å²) in [6.45, 7) is 2.16. The average molecular weight is 481 g/mol. The molecular weight excluding hydrogens is 452 g/mol. The van der Waals surface area contributed by atoms with Gasteiger partial charge in [-0.05, 0) is 37.1 Å². The van der Waals surface area contributed by atoms with Crippen LogP contribution in [-0.4, -0.2) is 28.5 Å². The number of hydrogen-bond acceptors (Lipinski definition) is 3. The van der Waals surface area contributed by atoms with Crippen molar-refractivity contribution in [2.24, 2.45) is 5.73 Å². The first-order chi connectivity index (χ1) is 14.8. The lowest BCUT2D eigenvalue weighted by Crippen LogP contribution is -2.25. The monoisotopic (exact) mass is 480 g/mol. The second kappa shape index (κ2) is 11.1. The molecule has 0 fully saturated rings. The summed E-state index contributed by atoms with van der Waals surface area (Å²) >= 11 is 0. The Balaban J connectivity index is 0.00000272. The Bertz CT molecular complexity index is 1140. The summed E-state index contributed by atoms with van der Waals surface area (Å²) in [7, 11) is 0. The number of carbonyl (C=O) groups excluding carboxylic acids is 1. The van der Waals surface area contributed by atoms with Crippen LogP contribution in [0.1, 0.15) is 41.7 Å². The number of pyridine rings is 1. The highest BCUT2D eigenvalue weighted by Crippen LogP contribution is 2.29. The number of carbonyl (C=O) groups is 1. The third-order valence-electron chi connectivity index (χ3n) is 5.49. The van der Waals surface area contributed by atoms with Crippen molar-refractivity contribution in [2.75, 3.05) is 13.1 Å². The first kappa shape index (κ1) is 23.0. The number of nitrogens with one attached hydrogen (secondary N) is 1. The van der Waals surface area contributed by atoms with Crippen molar-refractivity contribution in [2.45, 2.75) is 32.2 Å². The van der Waals surface area contributed by atoms with Crippen molar-refractivity contribution in [3.05, 3.63) is 78.1 Å². The summed E-state index contributed by atoms with van der Waals surface area (Å²) in [6, 6.07) is 20.6. The van der Waals surface area contributed by atoms with Crippen LogP contribution in [0.4, 0.5) is 0 Å². The molecule has 0 bridgehead atoms. The fraction of sp³-hybridized carbons (Fsp3) is 0.280. The summed E-state index contributed by atoms with van der Waals surface area (Å²) in [6.07, 6.45) is 6.02. The number of halogens is 1. The lowest BCUT2D eigenvalue weighted by molar-refractivity contribution is 0.0948. The van der Waals surface area contributed by atoms with Crippen molar-refractivity contribution in [3.8, 4) is 0 Å². The molecule has 5 nitrogen and oxygen atoms in total. The largest absolute Gasteiger partial charge is 0.351 e. The Morgan fingerprint density at radius 1 is 0.903 bits per heavy atom. The average Bonchev–Trinajstić information content (AvgIpc) is 3.10. The SMILES string of the molecule is Br.NCCCCCCNC(=O)c1cc2c3ccccc3n(Cc3ccccc3)c2cn1. The zero-order valence-electron chi connectivity index (χ0n) is 17.6. The van der Waals surface area contributed by atoms with Crippen LogP contribution in [0.15, 0.2) is 66.9 Å². The first-order valence-electron chi connectivity index (χ1n) is 10.7. The smallest absolute Gasteiger partial charge is 0.269 e. The standard InChI is InChI=1S/C25H28N4O.BrH/c26-14-8-1-2-9-15-27-25(30)22-16-21-20-12-6-7-13-23(20)29(24(21)17-28-22)18-19-10-4-3-5-11-19;/h3-7,10-13,16-17H,1-2,8-9,14-15,18,26H2,(H,27,30);1H. The molecule has 0 aliphatic rings. The van der Waals surface area contributed by atoms with E-state index < -0.39 is 0 Å². The number of nitrogens with zero attached hydrogens (tertiary/aromatic N) is 2. The zero-order valence-corrected chi connectivity index (χ0v) is 19.3. The molecule has 0 saturated heterocycles. The van der Waals surface area contributed by atoms with Gasteiger partial charge in [-0.3, -0.25) is 4.79 Å². The summed E-state index contributed by atoms with van der Waals surface area (Å²) in [5, 5.41) is 5.20. The predicted molar refractivity (Wildman–Crippen MR) is 133 cm³/mol. The highest BCUT2D eigenvalue weighted by atomic mass is 79.9. The summed E-state index contributed by atoms with van der Waals surface area (Å²) in [4.78, 5) is 17.1. The second-order valence-electron chi connectivity index (χ2n) is 7.63. The van der Waals surface area contributed by atoms with Gasteiger partial charge in [-0.15, -0.1) is 17.0 Å². The summed E-state index contributed by atoms with van der Waals surface area (Å²) < 4.78 is 2.27. The molecule has 0 atom stereocenters. The summed E-state index contributed by atoms with van der Waals surface area (Å²) in [5.74, 6) is -0.115. The number of amides is 1. The number of hydrogen-bond donors (Lipinski definition) is 2. The van der Waals surface area contributed by atoms with E-state index >= 15 is 0 Å². The number of fused-ring (bicyclic) bond motifs is 3. The van der Waals surface area contributed by atoms with Gasteiger partial charge in [0.05, 0.1) is 11.7 Å². The number of aromatic nitrogens is 2. The molecule has 31 heavy (non-hydrogen) atoms. The maximum absolute atomic E-state index is 12.6. The fourth-order valence-corrected chi connectivity index (χ4v) is 3.92. The van der Waals surface area contributed by atoms with Crippen molar-refractivity contribution < 1.29 is 4.79 Å². The maximum Gasteiger partial charge on any atom is 0.269 e. The molecule has 0 aliphatic carbocycles. The molecule has 0 spiro atoms. The number of nitrogens with two attached hydrogens (primary N) is 1. The quantitative estimate of drug-likeness (QED) is 0.328. The molecule has 1 amide bonds. The molecule has 0 aliphatic heterocycles. The molecular formula is C25H29BrN4O. The van der Waals surface area contributed by atoms with Gasteiger partial charge in [0, 0.05) is 29.4 Å². The van der Waals surface area contributed by atoms with E-state index in [1.54, 1.807) is 0 Å². The van der Waals surface area contributed by atoms with Crippen molar-refractivity contribution in [1.29, 1.82) is 0 Å². The minimum absolute atomic E-state index is 0. The highest BCUT2D eigenvalue weighted by molar-refractivity contribution is 8.93. The van der Waals surface area contributed by atoms with Crippen LogP contribution in [0, 0.1) is 0 Å². The van der Waals surface area contributed by atoms with Gasteiger partial charge in [0.1, 0.15) is 5.69 Å². The normalized spacial score (nSPS) is 10.9. The van der Waals surface area contributed by atoms with E-state index in [2.05, 4.69) is 57.3 Å². The molecule has 0 radical (unpaired) electrons. The Morgan fingerprint density at radius 2 is 1.65 bits per heavy atom. The van der Waals surface area contributed by atoms with Crippen LogP contribution in [-0.2, 0) is 6.54 Å². The number of para-hydroxylation sites is 1. The molecule has 3 N–H and O–H groups in total. The Morgan fingerprint density at radius 3 is 2.45 bits per heavy atom. The Labute approximate surface area is 193 Å². The van der Waals surface area contributed by atoms with Crippen molar-refractivity contribution in [3.63, 3.8) is 0 Å². The molecule has 4 aromatic rings. The van der Waals surface area contributed by atoms with Crippen LogP contribution in [0.25, 0.3) is 21.8 Å². The molecule has 162 valence electrons.